The van der Waals surface area contributed by atoms with E-state index < -0.39 is 5.60 Å². The number of benzene rings is 1. The molecule has 8 heteroatoms. The minimum atomic E-state index is -0.547. The molecule has 1 aliphatic rings. The molecular weight excluding hydrogens is 415 g/mol. The second kappa shape index (κ2) is 7.22. The number of hydrogen-bond donors (Lipinski definition) is 0. The number of amides is 1. The Morgan fingerprint density at radius 1 is 1.19 bits per heavy atom. The van der Waals surface area contributed by atoms with Gasteiger partial charge < -0.3 is 9.64 Å². The third kappa shape index (κ3) is 4.00. The highest BCUT2D eigenvalue weighted by Gasteiger charge is 2.36. The average Bonchev–Trinajstić information content (AvgIpc) is 2.56. The monoisotopic (exact) mass is 438 g/mol. The number of carbonyl (C=O) groups is 1. The molecule has 0 aliphatic carbocycles. The predicted octanol–water partition coefficient (Wildman–Crippen LogP) is 4.37. The van der Waals surface area contributed by atoms with Crippen LogP contribution in [0.5, 0.6) is 0 Å². The smallest absolute Gasteiger partial charge is 0.410 e. The first-order valence-corrected chi connectivity index (χ1v) is 9.72. The molecule has 6 nitrogen and oxygen atoms in total. The lowest BCUT2D eigenvalue weighted by Crippen LogP contribution is -2.59. The van der Waals surface area contributed by atoms with Crippen LogP contribution < -0.4 is 4.90 Å². The van der Waals surface area contributed by atoms with Crippen molar-refractivity contribution in [2.24, 2.45) is 0 Å². The molecule has 1 fully saturated rings. The average molecular weight is 439 g/mol. The van der Waals surface area contributed by atoms with Crippen LogP contribution in [0.15, 0.2) is 22.9 Å². The lowest BCUT2D eigenvalue weighted by atomic mass is 10.1. The fourth-order valence-corrected chi connectivity index (χ4v) is 3.89. The lowest BCUT2D eigenvalue weighted by molar-refractivity contribution is 0.00567. The summed E-state index contributed by atoms with van der Waals surface area (Å²) in [5.74, 6) is -0.382. The van der Waals surface area contributed by atoms with E-state index in [1.807, 2.05) is 34.6 Å². The van der Waals surface area contributed by atoms with E-state index in [9.17, 15) is 9.18 Å². The zero-order valence-electron chi connectivity index (χ0n) is 16.2. The maximum atomic E-state index is 14.4. The minimum Gasteiger partial charge on any atom is -0.444 e. The van der Waals surface area contributed by atoms with E-state index in [4.69, 9.17) is 4.74 Å². The summed E-state index contributed by atoms with van der Waals surface area (Å²) in [5, 5.41) is 0. The van der Waals surface area contributed by atoms with Crippen molar-refractivity contribution in [2.75, 3.05) is 18.0 Å². The number of rotatable bonds is 1. The summed E-state index contributed by atoms with van der Waals surface area (Å²) >= 11 is 3.25. The number of anilines is 1. The summed E-state index contributed by atoms with van der Waals surface area (Å²) in [5.41, 5.74) is 1.26. The molecule has 0 radical (unpaired) electrons. The van der Waals surface area contributed by atoms with Crippen molar-refractivity contribution in [3.05, 3.63) is 28.7 Å². The fourth-order valence-electron chi connectivity index (χ4n) is 3.49. The summed E-state index contributed by atoms with van der Waals surface area (Å²) < 4.78 is 20.3. The van der Waals surface area contributed by atoms with Gasteiger partial charge in [0.15, 0.2) is 0 Å². The Kier molecular flexibility index (Phi) is 5.29. The summed E-state index contributed by atoms with van der Waals surface area (Å²) in [4.78, 5) is 25.1. The van der Waals surface area contributed by atoms with Gasteiger partial charge in [0.2, 0.25) is 0 Å². The molecule has 1 aromatic carbocycles. The third-order valence-electron chi connectivity index (χ3n) is 4.49. The first-order chi connectivity index (χ1) is 12.6. The molecule has 3 rings (SSSR count). The fraction of sp³-hybridized carbons (Fsp3) is 0.526. The molecule has 1 aromatic heterocycles. The van der Waals surface area contributed by atoms with Gasteiger partial charge in [0, 0.05) is 31.5 Å². The molecule has 1 amide bonds. The number of fused-ring (bicyclic) bond motifs is 1. The summed E-state index contributed by atoms with van der Waals surface area (Å²) in [7, 11) is 0. The van der Waals surface area contributed by atoms with Crippen molar-refractivity contribution in [3.8, 4) is 0 Å². The highest BCUT2D eigenvalue weighted by molar-refractivity contribution is 9.10. The highest BCUT2D eigenvalue weighted by Crippen LogP contribution is 2.34. The molecule has 146 valence electrons. The second-order valence-electron chi connectivity index (χ2n) is 7.94. The molecule has 2 heterocycles. The molecule has 1 unspecified atom stereocenters. The SMILES string of the molecule is CC1CN(c2cc(F)c(Br)c3nccnc23)C[C@H](C)N1C(=O)OC(C)(C)C. The van der Waals surface area contributed by atoms with Crippen LogP contribution in [-0.2, 0) is 4.74 Å². The number of carbonyl (C=O) groups excluding carboxylic acids is 1. The Morgan fingerprint density at radius 2 is 1.74 bits per heavy atom. The first kappa shape index (κ1) is 19.8. The Bertz CT molecular complexity index is 859. The summed E-state index contributed by atoms with van der Waals surface area (Å²) in [6.45, 7) is 10.6. The third-order valence-corrected chi connectivity index (χ3v) is 5.24. The molecule has 0 bridgehead atoms. The normalized spacial score (nSPS) is 20.9. The van der Waals surface area contributed by atoms with Gasteiger partial charge in [-0.25, -0.2) is 9.18 Å². The van der Waals surface area contributed by atoms with E-state index >= 15 is 0 Å². The van der Waals surface area contributed by atoms with Crippen LogP contribution in [0.2, 0.25) is 0 Å². The largest absolute Gasteiger partial charge is 0.444 e. The van der Waals surface area contributed by atoms with Gasteiger partial charge >= 0.3 is 6.09 Å². The number of aromatic nitrogens is 2. The molecule has 2 atom stereocenters. The summed E-state index contributed by atoms with van der Waals surface area (Å²) in [6, 6.07) is 1.29. The van der Waals surface area contributed by atoms with Crippen molar-refractivity contribution in [3.63, 3.8) is 0 Å². The maximum absolute atomic E-state index is 14.4. The molecule has 0 spiro atoms. The van der Waals surface area contributed by atoms with E-state index in [-0.39, 0.29) is 24.0 Å². The van der Waals surface area contributed by atoms with Crippen molar-refractivity contribution in [2.45, 2.75) is 52.3 Å². The molecule has 2 aromatic rings. The van der Waals surface area contributed by atoms with Gasteiger partial charge in [-0.15, -0.1) is 0 Å². The van der Waals surface area contributed by atoms with E-state index in [1.165, 1.54) is 6.07 Å². The van der Waals surface area contributed by atoms with Crippen LogP contribution in [0.1, 0.15) is 34.6 Å². The van der Waals surface area contributed by atoms with Crippen molar-refractivity contribution in [1.29, 1.82) is 0 Å². The van der Waals surface area contributed by atoms with E-state index in [0.29, 0.717) is 34.3 Å². The van der Waals surface area contributed by atoms with Gasteiger partial charge in [0.1, 0.15) is 22.5 Å². The molecular formula is C19H24BrFN4O2. The van der Waals surface area contributed by atoms with E-state index in [2.05, 4.69) is 30.8 Å². The van der Waals surface area contributed by atoms with Crippen molar-refractivity contribution >= 4 is 38.7 Å². The standard InChI is InChI=1S/C19H24BrFN4O2/c1-11-9-24(10-12(2)25(11)18(26)27-19(3,4)5)14-8-13(21)15(20)17-16(14)22-6-7-23-17/h6-8,11-12H,9-10H2,1-5H3/t11-,12?/m0/s1. The van der Waals surface area contributed by atoms with Crippen LogP contribution in [0.4, 0.5) is 14.9 Å². The van der Waals surface area contributed by atoms with E-state index in [0.717, 1.165) is 0 Å². The number of piperazine rings is 1. The lowest BCUT2D eigenvalue weighted by Gasteiger charge is -2.45. The van der Waals surface area contributed by atoms with Gasteiger partial charge in [-0.2, -0.15) is 0 Å². The Labute approximate surface area is 166 Å². The Hall–Kier alpha value is -1.96. The molecule has 1 saturated heterocycles. The highest BCUT2D eigenvalue weighted by atomic mass is 79.9. The zero-order chi connectivity index (χ0) is 19.9. The number of halogens is 2. The Balaban J connectivity index is 1.91. The van der Waals surface area contributed by atoms with Crippen LogP contribution >= 0.6 is 15.9 Å². The first-order valence-electron chi connectivity index (χ1n) is 8.93. The molecule has 0 N–H and O–H groups in total. The van der Waals surface area contributed by atoms with Crippen molar-refractivity contribution in [1.82, 2.24) is 14.9 Å². The van der Waals surface area contributed by atoms with Gasteiger partial charge in [0.25, 0.3) is 0 Å². The number of ether oxygens (including phenoxy) is 1. The van der Waals surface area contributed by atoms with Crippen LogP contribution in [0.3, 0.4) is 0 Å². The Morgan fingerprint density at radius 3 is 2.30 bits per heavy atom. The van der Waals surface area contributed by atoms with Gasteiger partial charge in [0.05, 0.1) is 22.2 Å². The molecule has 1 aliphatic heterocycles. The summed E-state index contributed by atoms with van der Waals surface area (Å²) in [6.07, 6.45) is 2.82. The quantitative estimate of drug-likeness (QED) is 0.661. The van der Waals surface area contributed by atoms with Crippen LogP contribution in [0.25, 0.3) is 11.0 Å². The van der Waals surface area contributed by atoms with E-state index in [1.54, 1.807) is 17.3 Å². The zero-order valence-corrected chi connectivity index (χ0v) is 17.7. The molecule has 0 saturated carbocycles. The maximum Gasteiger partial charge on any atom is 0.410 e. The minimum absolute atomic E-state index is 0.0953. The van der Waals surface area contributed by atoms with Gasteiger partial charge in [-0.05, 0) is 50.5 Å². The van der Waals surface area contributed by atoms with Crippen LogP contribution in [0, 0.1) is 5.82 Å². The molecule has 27 heavy (non-hydrogen) atoms. The number of nitrogens with zero attached hydrogens (tertiary/aromatic N) is 4. The second-order valence-corrected chi connectivity index (χ2v) is 8.73. The topological polar surface area (TPSA) is 58.6 Å². The van der Waals surface area contributed by atoms with Crippen molar-refractivity contribution < 1.29 is 13.9 Å². The number of hydrogen-bond acceptors (Lipinski definition) is 5. The van der Waals surface area contributed by atoms with Gasteiger partial charge in [-0.3, -0.25) is 14.9 Å². The predicted molar refractivity (Wildman–Crippen MR) is 106 cm³/mol. The van der Waals surface area contributed by atoms with Crippen LogP contribution in [-0.4, -0.2) is 51.7 Å². The van der Waals surface area contributed by atoms with Gasteiger partial charge in [-0.1, -0.05) is 0 Å².